The molecule has 3 nitrogen and oxygen atoms in total. The topological polar surface area (TPSA) is 37.8 Å². The summed E-state index contributed by atoms with van der Waals surface area (Å²) >= 11 is 3.43. The van der Waals surface area contributed by atoms with Gasteiger partial charge in [0.05, 0.1) is 0 Å². The predicted molar refractivity (Wildman–Crippen MR) is 56.2 cm³/mol. The van der Waals surface area contributed by atoms with Crippen LogP contribution < -0.4 is 5.32 Å². The van der Waals surface area contributed by atoms with Crippen LogP contribution in [0.4, 0.5) is 0 Å². The van der Waals surface area contributed by atoms with Crippen LogP contribution in [0, 0.1) is 5.92 Å². The summed E-state index contributed by atoms with van der Waals surface area (Å²) in [6.45, 7) is 0. The number of nitrogens with one attached hydrogen (secondary N) is 1. The molecule has 0 spiro atoms. The second kappa shape index (κ2) is 4.39. The molecule has 1 aliphatic rings. The first-order chi connectivity index (χ1) is 6.40. The highest BCUT2D eigenvalue weighted by molar-refractivity contribution is 8.01. The molecule has 1 unspecified atom stereocenters. The standard InChI is InChI=1S/C8H13N3S2/c1-9-7(6-2-3-6)4-12-8-11-10-5-13-8/h5-7,9H,2-4H2,1H3. The van der Waals surface area contributed by atoms with Crippen molar-refractivity contribution in [3.8, 4) is 0 Å². The van der Waals surface area contributed by atoms with E-state index >= 15 is 0 Å². The first-order valence-electron chi connectivity index (χ1n) is 4.46. The van der Waals surface area contributed by atoms with Gasteiger partial charge in [0.2, 0.25) is 0 Å². The molecule has 0 aliphatic heterocycles. The summed E-state index contributed by atoms with van der Waals surface area (Å²) in [6, 6.07) is 0.661. The Bertz CT molecular complexity index is 246. The van der Waals surface area contributed by atoms with Crippen LogP contribution in [0.1, 0.15) is 12.8 Å². The Kier molecular flexibility index (Phi) is 3.18. The average Bonchev–Trinajstić information content (AvgIpc) is 2.84. The largest absolute Gasteiger partial charge is 0.316 e. The van der Waals surface area contributed by atoms with Crippen molar-refractivity contribution < 1.29 is 0 Å². The molecule has 72 valence electrons. The SMILES string of the molecule is CNC(CSc1nncs1)C1CC1. The molecule has 1 aromatic heterocycles. The van der Waals surface area contributed by atoms with Crippen LogP contribution in [-0.2, 0) is 0 Å². The van der Waals surface area contributed by atoms with Crippen LogP contribution in [-0.4, -0.2) is 29.0 Å². The minimum atomic E-state index is 0.661. The molecular weight excluding hydrogens is 202 g/mol. The van der Waals surface area contributed by atoms with Crippen molar-refractivity contribution in [2.45, 2.75) is 23.2 Å². The van der Waals surface area contributed by atoms with E-state index in [1.54, 1.807) is 16.8 Å². The van der Waals surface area contributed by atoms with Gasteiger partial charge in [-0.3, -0.25) is 0 Å². The summed E-state index contributed by atoms with van der Waals surface area (Å²) < 4.78 is 1.08. The molecule has 1 aromatic rings. The predicted octanol–water partition coefficient (Wildman–Crippen LogP) is 1.63. The lowest BCUT2D eigenvalue weighted by Gasteiger charge is -2.12. The second-order valence-electron chi connectivity index (χ2n) is 3.25. The summed E-state index contributed by atoms with van der Waals surface area (Å²) in [5.41, 5.74) is 1.79. The zero-order valence-corrected chi connectivity index (χ0v) is 9.20. The van der Waals surface area contributed by atoms with Gasteiger partial charge in [0.1, 0.15) is 5.51 Å². The lowest BCUT2D eigenvalue weighted by atomic mass is 10.2. The molecular formula is C8H13N3S2. The molecule has 0 amide bonds. The summed E-state index contributed by atoms with van der Waals surface area (Å²) in [4.78, 5) is 0. The smallest absolute Gasteiger partial charge is 0.174 e. The molecule has 1 N–H and O–H groups in total. The highest BCUT2D eigenvalue weighted by Gasteiger charge is 2.29. The molecule has 1 atom stereocenters. The second-order valence-corrected chi connectivity index (χ2v) is 5.35. The van der Waals surface area contributed by atoms with Crippen molar-refractivity contribution in [1.82, 2.24) is 15.5 Å². The maximum Gasteiger partial charge on any atom is 0.174 e. The monoisotopic (exact) mass is 215 g/mol. The Labute approximate surface area is 86.3 Å². The fourth-order valence-corrected chi connectivity index (χ4v) is 3.09. The maximum absolute atomic E-state index is 4.01. The van der Waals surface area contributed by atoms with Gasteiger partial charge in [-0.25, -0.2) is 0 Å². The highest BCUT2D eigenvalue weighted by atomic mass is 32.2. The van der Waals surface area contributed by atoms with Crippen molar-refractivity contribution in [2.75, 3.05) is 12.8 Å². The van der Waals surface area contributed by atoms with Crippen molar-refractivity contribution in [1.29, 1.82) is 0 Å². The van der Waals surface area contributed by atoms with Gasteiger partial charge in [-0.1, -0.05) is 23.1 Å². The van der Waals surface area contributed by atoms with E-state index in [1.165, 1.54) is 12.8 Å². The Balaban J connectivity index is 1.77. The van der Waals surface area contributed by atoms with Gasteiger partial charge in [-0.2, -0.15) is 0 Å². The molecule has 0 radical (unpaired) electrons. The maximum atomic E-state index is 4.01. The summed E-state index contributed by atoms with van der Waals surface area (Å²) in [6.07, 6.45) is 2.78. The van der Waals surface area contributed by atoms with Crippen molar-refractivity contribution in [3.63, 3.8) is 0 Å². The summed E-state index contributed by atoms with van der Waals surface area (Å²) in [5.74, 6) is 2.03. The van der Waals surface area contributed by atoms with Crippen LogP contribution in [0.25, 0.3) is 0 Å². The van der Waals surface area contributed by atoms with Gasteiger partial charge in [-0.05, 0) is 25.8 Å². The van der Waals surface area contributed by atoms with Gasteiger partial charge < -0.3 is 5.32 Å². The lowest BCUT2D eigenvalue weighted by molar-refractivity contribution is 0.553. The first kappa shape index (κ1) is 9.43. The van der Waals surface area contributed by atoms with Crippen LogP contribution in [0.15, 0.2) is 9.85 Å². The average molecular weight is 215 g/mol. The normalized spacial score (nSPS) is 18.8. The van der Waals surface area contributed by atoms with E-state index in [2.05, 4.69) is 15.5 Å². The van der Waals surface area contributed by atoms with Gasteiger partial charge >= 0.3 is 0 Å². The number of nitrogens with zero attached hydrogens (tertiary/aromatic N) is 2. The Morgan fingerprint density at radius 2 is 2.62 bits per heavy atom. The summed E-state index contributed by atoms with van der Waals surface area (Å²) in [5, 5.41) is 11.2. The third-order valence-electron chi connectivity index (χ3n) is 2.29. The van der Waals surface area contributed by atoms with Gasteiger partial charge in [0.15, 0.2) is 4.34 Å². The van der Waals surface area contributed by atoms with E-state index in [1.807, 2.05) is 18.8 Å². The lowest BCUT2D eigenvalue weighted by Crippen LogP contribution is -2.29. The van der Waals surface area contributed by atoms with Gasteiger partial charge in [0, 0.05) is 11.8 Å². The van der Waals surface area contributed by atoms with Crippen LogP contribution in [0.3, 0.4) is 0 Å². The van der Waals surface area contributed by atoms with E-state index in [-0.39, 0.29) is 0 Å². The molecule has 1 saturated carbocycles. The quantitative estimate of drug-likeness (QED) is 0.758. The fraction of sp³-hybridized carbons (Fsp3) is 0.750. The minimum absolute atomic E-state index is 0.661. The number of aromatic nitrogens is 2. The minimum Gasteiger partial charge on any atom is -0.316 e. The highest BCUT2D eigenvalue weighted by Crippen LogP contribution is 2.35. The van der Waals surface area contributed by atoms with E-state index in [4.69, 9.17) is 0 Å². The molecule has 13 heavy (non-hydrogen) atoms. The molecule has 1 heterocycles. The zero-order valence-electron chi connectivity index (χ0n) is 7.56. The third-order valence-corrected chi connectivity index (χ3v) is 4.27. The molecule has 5 heteroatoms. The Morgan fingerprint density at radius 3 is 3.15 bits per heavy atom. The van der Waals surface area contributed by atoms with Gasteiger partial charge in [-0.15, -0.1) is 10.2 Å². The number of hydrogen-bond donors (Lipinski definition) is 1. The molecule has 2 rings (SSSR count). The number of hydrogen-bond acceptors (Lipinski definition) is 5. The van der Waals surface area contributed by atoms with Crippen molar-refractivity contribution in [3.05, 3.63) is 5.51 Å². The Hall–Kier alpha value is -0.130. The third kappa shape index (κ3) is 2.65. The van der Waals surface area contributed by atoms with Gasteiger partial charge in [0.25, 0.3) is 0 Å². The van der Waals surface area contributed by atoms with E-state index in [0.717, 1.165) is 16.0 Å². The molecule has 1 aliphatic carbocycles. The number of rotatable bonds is 5. The van der Waals surface area contributed by atoms with E-state index in [0.29, 0.717) is 6.04 Å². The first-order valence-corrected chi connectivity index (χ1v) is 6.33. The molecule has 0 aromatic carbocycles. The van der Waals surface area contributed by atoms with E-state index in [9.17, 15) is 0 Å². The van der Waals surface area contributed by atoms with Crippen molar-refractivity contribution >= 4 is 23.1 Å². The molecule has 0 bridgehead atoms. The van der Waals surface area contributed by atoms with Crippen molar-refractivity contribution in [2.24, 2.45) is 5.92 Å². The van der Waals surface area contributed by atoms with Crippen LogP contribution in [0.5, 0.6) is 0 Å². The fourth-order valence-electron chi connectivity index (χ4n) is 1.34. The van der Waals surface area contributed by atoms with E-state index < -0.39 is 0 Å². The summed E-state index contributed by atoms with van der Waals surface area (Å²) in [7, 11) is 2.05. The molecule has 0 saturated heterocycles. The number of thioether (sulfide) groups is 1. The van der Waals surface area contributed by atoms with Crippen LogP contribution in [0.2, 0.25) is 0 Å². The zero-order chi connectivity index (χ0) is 9.10. The van der Waals surface area contributed by atoms with Crippen LogP contribution >= 0.6 is 23.1 Å². The molecule has 1 fully saturated rings. The Morgan fingerprint density at radius 1 is 1.77 bits per heavy atom.